The van der Waals surface area contributed by atoms with Crippen LogP contribution in [-0.4, -0.2) is 43.8 Å². The number of primary amides is 1. The molecule has 7 nitrogen and oxygen atoms in total. The molecular formula is C22H24ClN5O2S. The molecule has 0 aliphatic heterocycles. The first-order chi connectivity index (χ1) is 15.0. The first-order valence-electron chi connectivity index (χ1n) is 9.90. The van der Waals surface area contributed by atoms with E-state index < -0.39 is 5.91 Å². The Morgan fingerprint density at radius 3 is 2.45 bits per heavy atom. The van der Waals surface area contributed by atoms with E-state index in [2.05, 4.69) is 10.2 Å². The van der Waals surface area contributed by atoms with Crippen molar-refractivity contribution in [2.45, 2.75) is 31.6 Å². The molecule has 2 aromatic carbocycles. The minimum atomic E-state index is -0.433. The molecule has 1 aromatic heterocycles. The maximum Gasteiger partial charge on any atom is 0.233 e. The van der Waals surface area contributed by atoms with Gasteiger partial charge in [-0.1, -0.05) is 53.7 Å². The highest BCUT2D eigenvalue weighted by atomic mass is 35.5. The van der Waals surface area contributed by atoms with E-state index in [1.165, 1.54) is 11.8 Å². The molecule has 162 valence electrons. The Kier molecular flexibility index (Phi) is 8.08. The smallest absolute Gasteiger partial charge is 0.233 e. The highest BCUT2D eigenvalue weighted by Crippen LogP contribution is 2.25. The molecule has 3 rings (SSSR count). The second-order valence-electron chi connectivity index (χ2n) is 6.86. The zero-order valence-corrected chi connectivity index (χ0v) is 18.8. The SMILES string of the molecule is CCn1c(SCC(=O)N(CCC(N)=O)Cc2ccccc2)nnc1-c1ccc(Cl)cc1. The summed E-state index contributed by atoms with van der Waals surface area (Å²) in [4.78, 5) is 25.8. The number of hydrogen-bond acceptors (Lipinski definition) is 5. The molecule has 0 aliphatic rings. The molecule has 3 aromatic rings. The van der Waals surface area contributed by atoms with Crippen LogP contribution in [-0.2, 0) is 22.7 Å². The number of carbonyl (C=O) groups is 2. The highest BCUT2D eigenvalue weighted by Gasteiger charge is 2.19. The molecule has 9 heteroatoms. The van der Waals surface area contributed by atoms with Gasteiger partial charge in [0.2, 0.25) is 11.8 Å². The van der Waals surface area contributed by atoms with E-state index in [1.54, 1.807) is 4.90 Å². The van der Waals surface area contributed by atoms with Crippen molar-refractivity contribution in [3.63, 3.8) is 0 Å². The van der Waals surface area contributed by atoms with Crippen molar-refractivity contribution in [1.82, 2.24) is 19.7 Å². The number of thioether (sulfide) groups is 1. The normalized spacial score (nSPS) is 10.8. The van der Waals surface area contributed by atoms with Crippen LogP contribution in [0.15, 0.2) is 59.8 Å². The number of rotatable bonds is 10. The molecule has 0 unspecified atom stereocenters. The van der Waals surface area contributed by atoms with Gasteiger partial charge in [0.1, 0.15) is 0 Å². The van der Waals surface area contributed by atoms with Gasteiger partial charge in [0.05, 0.1) is 5.75 Å². The van der Waals surface area contributed by atoms with E-state index in [9.17, 15) is 9.59 Å². The zero-order chi connectivity index (χ0) is 22.2. The summed E-state index contributed by atoms with van der Waals surface area (Å²) in [5.74, 6) is 0.388. The van der Waals surface area contributed by atoms with Crippen molar-refractivity contribution < 1.29 is 9.59 Å². The van der Waals surface area contributed by atoms with E-state index in [4.69, 9.17) is 17.3 Å². The van der Waals surface area contributed by atoms with Gasteiger partial charge in [-0.3, -0.25) is 9.59 Å². The van der Waals surface area contributed by atoms with Crippen LogP contribution in [0.4, 0.5) is 0 Å². The van der Waals surface area contributed by atoms with Gasteiger partial charge in [0.25, 0.3) is 0 Å². The van der Waals surface area contributed by atoms with Gasteiger partial charge < -0.3 is 15.2 Å². The number of amides is 2. The number of hydrogen-bond donors (Lipinski definition) is 1. The summed E-state index contributed by atoms with van der Waals surface area (Å²) in [5, 5.41) is 9.89. The van der Waals surface area contributed by atoms with E-state index in [0.29, 0.717) is 23.3 Å². The number of benzene rings is 2. The standard InChI is InChI=1S/C22H24ClN5O2S/c1-2-28-21(17-8-10-18(23)11-9-17)25-26-22(28)31-15-20(30)27(13-12-19(24)29)14-16-6-4-3-5-7-16/h3-11H,2,12-15H2,1H3,(H2,24,29). The molecule has 0 spiro atoms. The van der Waals surface area contributed by atoms with E-state index in [-0.39, 0.29) is 24.6 Å². The third-order valence-corrected chi connectivity index (χ3v) is 5.86. The molecule has 0 saturated carbocycles. The Hall–Kier alpha value is -2.84. The summed E-state index contributed by atoms with van der Waals surface area (Å²) in [5.41, 5.74) is 7.19. The minimum Gasteiger partial charge on any atom is -0.370 e. The molecule has 0 atom stereocenters. The molecule has 31 heavy (non-hydrogen) atoms. The van der Waals surface area contributed by atoms with Crippen LogP contribution in [0, 0.1) is 0 Å². The maximum atomic E-state index is 12.9. The van der Waals surface area contributed by atoms with Gasteiger partial charge in [-0.25, -0.2) is 0 Å². The Labute approximate surface area is 190 Å². The average molecular weight is 458 g/mol. The lowest BCUT2D eigenvalue weighted by Gasteiger charge is -2.22. The van der Waals surface area contributed by atoms with Gasteiger partial charge >= 0.3 is 0 Å². The molecule has 0 bridgehead atoms. The second kappa shape index (κ2) is 11.0. The van der Waals surface area contributed by atoms with Crippen molar-refractivity contribution in [3.05, 3.63) is 65.2 Å². The van der Waals surface area contributed by atoms with E-state index >= 15 is 0 Å². The van der Waals surface area contributed by atoms with Crippen molar-refractivity contribution in [1.29, 1.82) is 0 Å². The highest BCUT2D eigenvalue weighted by molar-refractivity contribution is 7.99. The lowest BCUT2D eigenvalue weighted by molar-refractivity contribution is -0.129. The minimum absolute atomic E-state index is 0.0891. The average Bonchev–Trinajstić information content (AvgIpc) is 3.19. The molecule has 2 amide bonds. The quantitative estimate of drug-likeness (QED) is 0.469. The molecule has 0 saturated heterocycles. The number of nitrogens with zero attached hydrogens (tertiary/aromatic N) is 4. The molecule has 0 fully saturated rings. The van der Waals surface area contributed by atoms with Crippen LogP contribution < -0.4 is 5.73 Å². The lowest BCUT2D eigenvalue weighted by atomic mass is 10.2. The Morgan fingerprint density at radius 2 is 1.81 bits per heavy atom. The number of nitrogens with two attached hydrogens (primary N) is 1. The van der Waals surface area contributed by atoms with Gasteiger partial charge in [0, 0.05) is 36.6 Å². The van der Waals surface area contributed by atoms with Crippen LogP contribution in [0.3, 0.4) is 0 Å². The molecule has 1 heterocycles. The Bertz CT molecular complexity index is 1020. The third kappa shape index (κ3) is 6.32. The fourth-order valence-electron chi connectivity index (χ4n) is 3.05. The maximum absolute atomic E-state index is 12.9. The van der Waals surface area contributed by atoms with Crippen molar-refractivity contribution in [2.24, 2.45) is 5.73 Å². The van der Waals surface area contributed by atoms with Crippen LogP contribution in [0.2, 0.25) is 5.02 Å². The van der Waals surface area contributed by atoms with Crippen LogP contribution in [0.5, 0.6) is 0 Å². The van der Waals surface area contributed by atoms with Gasteiger partial charge in [-0.15, -0.1) is 10.2 Å². The van der Waals surface area contributed by atoms with Crippen LogP contribution in [0.1, 0.15) is 18.9 Å². The lowest BCUT2D eigenvalue weighted by Crippen LogP contribution is -2.34. The summed E-state index contributed by atoms with van der Waals surface area (Å²) in [6.07, 6.45) is 0.120. The van der Waals surface area contributed by atoms with Gasteiger partial charge in [-0.2, -0.15) is 0 Å². The first kappa shape index (κ1) is 22.8. The third-order valence-electron chi connectivity index (χ3n) is 4.66. The van der Waals surface area contributed by atoms with Crippen molar-refractivity contribution in [3.8, 4) is 11.4 Å². The van der Waals surface area contributed by atoms with Crippen LogP contribution in [0.25, 0.3) is 11.4 Å². The largest absolute Gasteiger partial charge is 0.370 e. The van der Waals surface area contributed by atoms with E-state index in [1.807, 2.05) is 66.1 Å². The van der Waals surface area contributed by atoms with Crippen molar-refractivity contribution in [2.75, 3.05) is 12.3 Å². The summed E-state index contributed by atoms with van der Waals surface area (Å²) in [6.45, 7) is 3.37. The van der Waals surface area contributed by atoms with Gasteiger partial charge in [-0.05, 0) is 36.8 Å². The molecule has 2 N–H and O–H groups in total. The number of halogens is 1. The van der Waals surface area contributed by atoms with E-state index in [0.717, 1.165) is 17.0 Å². The Balaban J connectivity index is 1.71. The summed E-state index contributed by atoms with van der Waals surface area (Å²) in [7, 11) is 0. The zero-order valence-electron chi connectivity index (χ0n) is 17.2. The monoisotopic (exact) mass is 457 g/mol. The van der Waals surface area contributed by atoms with Crippen molar-refractivity contribution >= 4 is 35.2 Å². The molecule has 0 radical (unpaired) electrons. The molecular weight excluding hydrogens is 434 g/mol. The fraction of sp³-hybridized carbons (Fsp3) is 0.273. The summed E-state index contributed by atoms with van der Waals surface area (Å²) < 4.78 is 1.96. The topological polar surface area (TPSA) is 94.1 Å². The summed E-state index contributed by atoms with van der Waals surface area (Å²) >= 11 is 7.30. The number of carbonyl (C=O) groups excluding carboxylic acids is 2. The van der Waals surface area contributed by atoms with Crippen LogP contribution >= 0.6 is 23.4 Å². The molecule has 0 aliphatic carbocycles. The first-order valence-corrected chi connectivity index (χ1v) is 11.3. The van der Waals surface area contributed by atoms with Gasteiger partial charge in [0.15, 0.2) is 11.0 Å². The predicted octanol–water partition coefficient (Wildman–Crippen LogP) is 3.61. The fourth-order valence-corrected chi connectivity index (χ4v) is 4.08. The summed E-state index contributed by atoms with van der Waals surface area (Å²) in [6, 6.07) is 17.1. The second-order valence-corrected chi connectivity index (χ2v) is 8.24. The number of aromatic nitrogens is 3. The Morgan fingerprint density at radius 1 is 1.10 bits per heavy atom. The predicted molar refractivity (Wildman–Crippen MR) is 123 cm³/mol.